The molecule has 0 aromatic carbocycles. The molecule has 4 atom stereocenters. The maximum absolute atomic E-state index is 9.58. The lowest BCUT2D eigenvalue weighted by Crippen LogP contribution is -2.54. The summed E-state index contributed by atoms with van der Waals surface area (Å²) < 4.78 is 10.5. The molecule has 0 radical (unpaired) electrons. The fourth-order valence-electron chi connectivity index (χ4n) is 1.81. The Balaban J connectivity index is 0. The summed E-state index contributed by atoms with van der Waals surface area (Å²) in [5.41, 5.74) is 0. The van der Waals surface area contributed by atoms with Gasteiger partial charge in [0.15, 0.2) is 6.29 Å². The largest absolute Gasteiger partial charge is 0.375 e. The van der Waals surface area contributed by atoms with E-state index in [-0.39, 0.29) is 18.2 Å². The predicted molar refractivity (Wildman–Crippen MR) is 72.1 cm³/mol. The molecule has 106 valence electrons. The Labute approximate surface area is 107 Å². The molecule has 1 rings (SSSR count). The highest BCUT2D eigenvalue weighted by Gasteiger charge is 2.37. The van der Waals surface area contributed by atoms with Crippen molar-refractivity contribution in [2.75, 3.05) is 21.2 Å². The Morgan fingerprint density at radius 3 is 2.00 bits per heavy atom. The highest BCUT2D eigenvalue weighted by atomic mass is 16.6. The second-order valence-corrected chi connectivity index (χ2v) is 3.80. The average molecular weight is 249 g/mol. The highest BCUT2D eigenvalue weighted by molar-refractivity contribution is 4.85. The fraction of sp³-hybridized carbons (Fsp3) is 1.00. The third-order valence-electron chi connectivity index (χ3n) is 2.54. The molecule has 1 saturated heterocycles. The van der Waals surface area contributed by atoms with E-state index in [1.165, 1.54) is 0 Å². The predicted octanol–water partition coefficient (Wildman–Crippen LogP) is 2.11. The van der Waals surface area contributed by atoms with E-state index in [9.17, 15) is 5.11 Å². The molecule has 1 aliphatic heterocycles. The Bertz CT molecular complexity index is 165. The summed E-state index contributed by atoms with van der Waals surface area (Å²) in [6.07, 6.45) is -0.0658. The molecule has 2 unspecified atom stereocenters. The Morgan fingerprint density at radius 1 is 1.18 bits per heavy atom. The molecular formula is C13H31NO3. The van der Waals surface area contributed by atoms with Crippen LogP contribution in [0.4, 0.5) is 0 Å². The van der Waals surface area contributed by atoms with Crippen LogP contribution in [0.2, 0.25) is 0 Å². The van der Waals surface area contributed by atoms with Crippen LogP contribution in [0.1, 0.15) is 41.0 Å². The Kier molecular flexibility index (Phi) is 12.4. The topological polar surface area (TPSA) is 41.9 Å². The maximum atomic E-state index is 9.58. The lowest BCUT2D eigenvalue weighted by molar-refractivity contribution is -0.237. The van der Waals surface area contributed by atoms with Gasteiger partial charge >= 0.3 is 0 Å². The Hall–Kier alpha value is -0.160. The standard InChI is InChI=1S/C9H19NO3.2C2H6/c1-6-5-7(10(2)3)8(12-4)9(11)13-6;2*1-2/h6-9,11H,5H2,1-4H3;2*1-2H3/t6-,7?,8-,9?;;/m1../s1. The average Bonchev–Trinajstić information content (AvgIpc) is 2.33. The monoisotopic (exact) mass is 249 g/mol. The van der Waals surface area contributed by atoms with Crippen LogP contribution >= 0.6 is 0 Å². The summed E-state index contributed by atoms with van der Waals surface area (Å²) in [7, 11) is 5.58. The quantitative estimate of drug-likeness (QED) is 0.814. The zero-order valence-corrected chi connectivity index (χ0v) is 12.7. The maximum Gasteiger partial charge on any atom is 0.182 e. The highest BCUT2D eigenvalue weighted by Crippen LogP contribution is 2.23. The first-order chi connectivity index (χ1) is 8.06. The van der Waals surface area contributed by atoms with Gasteiger partial charge in [-0.15, -0.1) is 0 Å². The molecule has 1 fully saturated rings. The molecule has 4 heteroatoms. The van der Waals surface area contributed by atoms with Crippen molar-refractivity contribution in [3.8, 4) is 0 Å². The van der Waals surface area contributed by atoms with Crippen LogP contribution in [0.15, 0.2) is 0 Å². The number of rotatable bonds is 2. The zero-order valence-electron chi connectivity index (χ0n) is 12.7. The number of aliphatic hydroxyl groups excluding tert-OH is 1. The summed E-state index contributed by atoms with van der Waals surface area (Å²) in [4.78, 5) is 2.07. The number of nitrogens with zero attached hydrogens (tertiary/aromatic N) is 1. The number of hydrogen-bond acceptors (Lipinski definition) is 4. The van der Waals surface area contributed by atoms with Gasteiger partial charge in [-0.2, -0.15) is 0 Å². The first kappa shape index (κ1) is 19.2. The van der Waals surface area contributed by atoms with Crippen molar-refractivity contribution in [2.45, 2.75) is 65.6 Å². The second-order valence-electron chi connectivity index (χ2n) is 3.80. The van der Waals surface area contributed by atoms with Crippen LogP contribution in [0.3, 0.4) is 0 Å². The molecular weight excluding hydrogens is 218 g/mol. The summed E-state index contributed by atoms with van der Waals surface area (Å²) in [5, 5.41) is 9.58. The van der Waals surface area contributed by atoms with E-state index < -0.39 is 6.29 Å². The first-order valence-electron chi connectivity index (χ1n) is 6.59. The third kappa shape index (κ3) is 6.36. The molecule has 0 aromatic rings. The van der Waals surface area contributed by atoms with Crippen LogP contribution in [0.25, 0.3) is 0 Å². The van der Waals surface area contributed by atoms with Gasteiger partial charge < -0.3 is 19.5 Å². The van der Waals surface area contributed by atoms with Crippen molar-refractivity contribution >= 4 is 0 Å². The first-order valence-corrected chi connectivity index (χ1v) is 6.59. The van der Waals surface area contributed by atoms with Crippen molar-refractivity contribution in [3.05, 3.63) is 0 Å². The van der Waals surface area contributed by atoms with E-state index >= 15 is 0 Å². The van der Waals surface area contributed by atoms with Crippen molar-refractivity contribution in [3.63, 3.8) is 0 Å². The van der Waals surface area contributed by atoms with Gasteiger partial charge in [0.2, 0.25) is 0 Å². The summed E-state index contributed by atoms with van der Waals surface area (Å²) in [5.74, 6) is 0. The SMILES string of the molecule is CC.CC.CO[C@H]1C(O)O[C@H](C)CC1N(C)C. The molecule has 0 aromatic heterocycles. The van der Waals surface area contributed by atoms with Gasteiger partial charge in [0.25, 0.3) is 0 Å². The number of ether oxygens (including phenoxy) is 2. The van der Waals surface area contributed by atoms with Crippen molar-refractivity contribution in [1.82, 2.24) is 4.90 Å². The van der Waals surface area contributed by atoms with Crippen LogP contribution in [-0.2, 0) is 9.47 Å². The third-order valence-corrected chi connectivity index (χ3v) is 2.54. The number of likely N-dealkylation sites (N-methyl/N-ethyl adjacent to an activating group) is 1. The summed E-state index contributed by atoms with van der Waals surface area (Å²) >= 11 is 0. The normalized spacial score (nSPS) is 32.1. The van der Waals surface area contributed by atoms with E-state index in [2.05, 4.69) is 4.90 Å². The van der Waals surface area contributed by atoms with Gasteiger partial charge in [-0.1, -0.05) is 27.7 Å². The van der Waals surface area contributed by atoms with Crippen LogP contribution in [0.5, 0.6) is 0 Å². The molecule has 0 amide bonds. The smallest absolute Gasteiger partial charge is 0.182 e. The van der Waals surface area contributed by atoms with E-state index in [1.54, 1.807) is 7.11 Å². The fourth-order valence-corrected chi connectivity index (χ4v) is 1.81. The van der Waals surface area contributed by atoms with Crippen molar-refractivity contribution < 1.29 is 14.6 Å². The van der Waals surface area contributed by atoms with Crippen LogP contribution in [-0.4, -0.2) is 55.8 Å². The number of aliphatic hydroxyl groups is 1. The van der Waals surface area contributed by atoms with Gasteiger partial charge in [0.1, 0.15) is 6.10 Å². The van der Waals surface area contributed by atoms with Crippen LogP contribution in [0, 0.1) is 0 Å². The molecule has 17 heavy (non-hydrogen) atoms. The molecule has 0 bridgehead atoms. The molecule has 1 aliphatic rings. The van der Waals surface area contributed by atoms with Gasteiger partial charge in [-0.05, 0) is 27.4 Å². The van der Waals surface area contributed by atoms with Gasteiger partial charge in [-0.3, -0.25) is 0 Å². The van der Waals surface area contributed by atoms with E-state index in [4.69, 9.17) is 9.47 Å². The van der Waals surface area contributed by atoms with Crippen LogP contribution < -0.4 is 0 Å². The van der Waals surface area contributed by atoms with Gasteiger partial charge in [-0.25, -0.2) is 0 Å². The molecule has 0 spiro atoms. The van der Waals surface area contributed by atoms with E-state index in [0.717, 1.165) is 6.42 Å². The second kappa shape index (κ2) is 11.0. The van der Waals surface area contributed by atoms with Crippen molar-refractivity contribution in [2.24, 2.45) is 0 Å². The van der Waals surface area contributed by atoms with E-state index in [1.807, 2.05) is 48.7 Å². The zero-order chi connectivity index (χ0) is 14.0. The van der Waals surface area contributed by atoms with E-state index in [0.29, 0.717) is 0 Å². The number of hydrogen-bond donors (Lipinski definition) is 1. The summed E-state index contributed by atoms with van der Waals surface area (Å²) in [6.45, 7) is 9.96. The van der Waals surface area contributed by atoms with Gasteiger partial charge in [0, 0.05) is 13.2 Å². The van der Waals surface area contributed by atoms with Crippen molar-refractivity contribution in [1.29, 1.82) is 0 Å². The number of methoxy groups -OCH3 is 1. The minimum atomic E-state index is -0.804. The molecule has 0 saturated carbocycles. The molecule has 4 nitrogen and oxygen atoms in total. The minimum absolute atomic E-state index is 0.0915. The van der Waals surface area contributed by atoms with Gasteiger partial charge in [0.05, 0.1) is 6.10 Å². The molecule has 0 aliphatic carbocycles. The molecule has 1 heterocycles. The lowest BCUT2D eigenvalue weighted by Gasteiger charge is -2.40. The lowest BCUT2D eigenvalue weighted by atomic mass is 9.99. The Morgan fingerprint density at radius 2 is 1.65 bits per heavy atom. The molecule has 1 N–H and O–H groups in total. The minimum Gasteiger partial charge on any atom is -0.375 e. The summed E-state index contributed by atoms with van der Waals surface area (Å²) in [6, 6.07) is 0.226.